The number of anilines is 4. The normalized spacial score (nSPS) is 11.4. The highest BCUT2D eigenvalue weighted by Crippen LogP contribution is 2.33. The summed E-state index contributed by atoms with van der Waals surface area (Å²) >= 11 is 6.05. The Bertz CT molecular complexity index is 1550. The molecule has 0 aliphatic rings. The van der Waals surface area contributed by atoms with Gasteiger partial charge >= 0.3 is 0 Å². The number of nitrogens with one attached hydrogen (secondary N) is 1. The molecular formula is C20H15ClN6O6S. The molecule has 0 radical (unpaired) electrons. The molecule has 12 nitrogen and oxygen atoms in total. The fourth-order valence-electron chi connectivity index (χ4n) is 3.16. The van der Waals surface area contributed by atoms with Crippen LogP contribution in [0.5, 0.6) is 5.75 Å². The van der Waals surface area contributed by atoms with Crippen molar-refractivity contribution in [3.05, 3.63) is 70.0 Å². The zero-order valence-electron chi connectivity index (χ0n) is 17.2. The highest BCUT2D eigenvalue weighted by Gasteiger charge is 2.16. The summed E-state index contributed by atoms with van der Waals surface area (Å²) in [4.78, 5) is 23.9. The lowest BCUT2D eigenvalue weighted by molar-refractivity contribution is -0.384. The first kappa shape index (κ1) is 23.1. The summed E-state index contributed by atoms with van der Waals surface area (Å²) in [6.07, 6.45) is 0. The van der Waals surface area contributed by atoms with E-state index >= 15 is 0 Å². The number of phenolic OH excluding ortho intramolecular Hbond substituents is 1. The fourth-order valence-corrected chi connectivity index (χ4v) is 3.85. The van der Waals surface area contributed by atoms with E-state index in [0.29, 0.717) is 22.1 Å². The number of rotatable bonds is 6. The third-order valence-electron chi connectivity index (χ3n) is 4.78. The number of non-ortho nitro benzene ring substituents is 1. The van der Waals surface area contributed by atoms with Gasteiger partial charge in [0.1, 0.15) is 5.75 Å². The van der Waals surface area contributed by atoms with Gasteiger partial charge in [-0.15, -0.1) is 0 Å². The van der Waals surface area contributed by atoms with Crippen LogP contribution in [0.1, 0.15) is 0 Å². The van der Waals surface area contributed by atoms with Crippen LogP contribution in [0.3, 0.4) is 0 Å². The summed E-state index contributed by atoms with van der Waals surface area (Å²) in [6, 6.07) is 12.7. The lowest BCUT2D eigenvalue weighted by Gasteiger charge is -2.19. The minimum absolute atomic E-state index is 0.0365. The van der Waals surface area contributed by atoms with E-state index in [0.717, 1.165) is 6.07 Å². The average molecular weight is 503 g/mol. The monoisotopic (exact) mass is 502 g/mol. The number of nitro groups is 1. The molecule has 3 aromatic carbocycles. The van der Waals surface area contributed by atoms with Crippen LogP contribution in [0.2, 0.25) is 5.28 Å². The fraction of sp³-hybridized carbons (Fsp3) is 0.0500. The molecule has 0 unspecified atom stereocenters. The topological polar surface area (TPSA) is 172 Å². The number of aromatic hydroxyl groups is 1. The molecule has 0 bridgehead atoms. The van der Waals surface area contributed by atoms with E-state index in [2.05, 4.69) is 20.3 Å². The van der Waals surface area contributed by atoms with Gasteiger partial charge in [0.15, 0.2) is 0 Å². The predicted octanol–water partition coefficient (Wildman–Crippen LogP) is 4.05. The third kappa shape index (κ3) is 4.80. The molecule has 1 heterocycles. The Morgan fingerprint density at radius 2 is 1.85 bits per heavy atom. The van der Waals surface area contributed by atoms with Gasteiger partial charge in [-0.2, -0.15) is 23.4 Å². The molecule has 34 heavy (non-hydrogen) atoms. The van der Waals surface area contributed by atoms with Crippen LogP contribution in [0.4, 0.5) is 29.0 Å². The maximum atomic E-state index is 11.5. The third-order valence-corrected chi connectivity index (χ3v) is 5.78. The molecule has 4 rings (SSSR count). The second kappa shape index (κ2) is 8.70. The van der Waals surface area contributed by atoms with E-state index in [1.807, 2.05) is 0 Å². The number of benzene rings is 3. The first-order chi connectivity index (χ1) is 16.0. The Kier molecular flexibility index (Phi) is 5.91. The largest absolute Gasteiger partial charge is 0.507 e. The van der Waals surface area contributed by atoms with Crippen LogP contribution in [0.25, 0.3) is 10.8 Å². The van der Waals surface area contributed by atoms with E-state index in [1.165, 1.54) is 29.2 Å². The standard InChI is InChI=1S/C20H15ClN6O6S/c1-26(13-5-6-16-11(7-13)8-15(10-17(16)28)34(31,32)33)20-24-18(21)23-19(25-20)22-12-3-2-4-14(9-12)27(29)30/h2-10,28H,1H3,(H,31,32,33)(H,22,23,24,25). The van der Waals surface area contributed by atoms with Crippen molar-refractivity contribution in [2.75, 3.05) is 17.3 Å². The summed E-state index contributed by atoms with van der Waals surface area (Å²) in [5.41, 5.74) is 0.748. The van der Waals surface area contributed by atoms with Gasteiger partial charge in [-0.05, 0) is 47.3 Å². The van der Waals surface area contributed by atoms with Crippen LogP contribution < -0.4 is 10.2 Å². The molecule has 3 N–H and O–H groups in total. The van der Waals surface area contributed by atoms with Crippen LogP contribution in [0, 0.1) is 10.1 Å². The Morgan fingerprint density at radius 3 is 2.56 bits per heavy atom. The van der Waals surface area contributed by atoms with E-state index in [9.17, 15) is 28.2 Å². The summed E-state index contributed by atoms with van der Waals surface area (Å²) in [5, 5.41) is 24.5. The highest BCUT2D eigenvalue weighted by atomic mass is 35.5. The second-order valence-corrected chi connectivity index (χ2v) is 8.80. The van der Waals surface area contributed by atoms with E-state index in [1.54, 1.807) is 31.3 Å². The summed E-state index contributed by atoms with van der Waals surface area (Å²) in [6.45, 7) is 0. The zero-order valence-corrected chi connectivity index (χ0v) is 18.8. The summed E-state index contributed by atoms with van der Waals surface area (Å²) in [7, 11) is -2.90. The Labute approximate surface area is 197 Å². The van der Waals surface area contributed by atoms with Gasteiger partial charge in [0, 0.05) is 42.0 Å². The van der Waals surface area contributed by atoms with Gasteiger partial charge in [0.2, 0.25) is 17.2 Å². The van der Waals surface area contributed by atoms with Crippen LogP contribution >= 0.6 is 11.6 Å². The van der Waals surface area contributed by atoms with Gasteiger partial charge in [0.05, 0.1) is 9.82 Å². The molecular weight excluding hydrogens is 488 g/mol. The number of aromatic nitrogens is 3. The lowest BCUT2D eigenvalue weighted by atomic mass is 10.1. The maximum absolute atomic E-state index is 11.5. The van der Waals surface area contributed by atoms with Crippen molar-refractivity contribution in [1.29, 1.82) is 0 Å². The molecule has 0 aliphatic carbocycles. The van der Waals surface area contributed by atoms with Gasteiger partial charge in [-0.1, -0.05) is 6.07 Å². The molecule has 0 aliphatic heterocycles. The van der Waals surface area contributed by atoms with E-state index < -0.39 is 19.9 Å². The van der Waals surface area contributed by atoms with Gasteiger partial charge in [-0.3, -0.25) is 14.7 Å². The zero-order chi connectivity index (χ0) is 24.6. The number of phenols is 1. The van der Waals surface area contributed by atoms with Gasteiger partial charge < -0.3 is 15.3 Å². The average Bonchev–Trinajstić information content (AvgIpc) is 2.77. The van der Waals surface area contributed by atoms with Gasteiger partial charge in [-0.25, -0.2) is 0 Å². The minimum Gasteiger partial charge on any atom is -0.507 e. The van der Waals surface area contributed by atoms with Crippen molar-refractivity contribution in [1.82, 2.24) is 15.0 Å². The molecule has 0 saturated heterocycles. The first-order valence-corrected chi connectivity index (χ1v) is 11.2. The molecule has 0 fully saturated rings. The Hall–Kier alpha value is -4.07. The SMILES string of the molecule is CN(c1ccc2c(O)cc(S(=O)(=O)O)cc2c1)c1nc(Cl)nc(Nc2cccc([N+](=O)[O-])c2)n1. The molecule has 1 aromatic heterocycles. The maximum Gasteiger partial charge on any atom is 0.294 e. The van der Waals surface area contributed by atoms with Crippen molar-refractivity contribution in [3.8, 4) is 5.75 Å². The smallest absolute Gasteiger partial charge is 0.294 e. The summed E-state index contributed by atoms with van der Waals surface area (Å²) < 4.78 is 32.3. The van der Waals surface area contributed by atoms with Gasteiger partial charge in [0.25, 0.3) is 15.8 Å². The highest BCUT2D eigenvalue weighted by molar-refractivity contribution is 7.85. The van der Waals surface area contributed by atoms with Crippen molar-refractivity contribution >= 4 is 61.5 Å². The Morgan fingerprint density at radius 1 is 1.09 bits per heavy atom. The predicted molar refractivity (Wildman–Crippen MR) is 125 cm³/mol. The molecule has 14 heteroatoms. The molecule has 0 amide bonds. The second-order valence-electron chi connectivity index (χ2n) is 7.04. The van der Waals surface area contributed by atoms with E-state index in [4.69, 9.17) is 11.6 Å². The molecule has 174 valence electrons. The number of halogens is 1. The quantitative estimate of drug-likeness (QED) is 0.197. The number of nitro benzene ring substituents is 1. The van der Waals surface area contributed by atoms with Crippen molar-refractivity contribution < 1.29 is 23.0 Å². The number of fused-ring (bicyclic) bond motifs is 1. The van der Waals surface area contributed by atoms with E-state index in [-0.39, 0.29) is 28.6 Å². The molecule has 0 saturated carbocycles. The first-order valence-electron chi connectivity index (χ1n) is 9.42. The van der Waals surface area contributed by atoms with Crippen LogP contribution in [-0.2, 0) is 10.1 Å². The number of nitrogens with zero attached hydrogens (tertiary/aromatic N) is 5. The summed E-state index contributed by atoms with van der Waals surface area (Å²) in [5.74, 6) is -0.164. The van der Waals surface area contributed by atoms with Crippen molar-refractivity contribution in [2.45, 2.75) is 4.90 Å². The molecule has 0 spiro atoms. The molecule has 0 atom stereocenters. The van der Waals surface area contributed by atoms with Crippen LogP contribution in [0.15, 0.2) is 59.5 Å². The molecule has 4 aromatic rings. The lowest BCUT2D eigenvalue weighted by Crippen LogP contribution is -2.15. The van der Waals surface area contributed by atoms with Crippen molar-refractivity contribution in [3.63, 3.8) is 0 Å². The van der Waals surface area contributed by atoms with Crippen LogP contribution in [-0.4, -0.2) is 45.0 Å². The Balaban J connectivity index is 1.70. The number of hydrogen-bond donors (Lipinski definition) is 3. The van der Waals surface area contributed by atoms with Crippen molar-refractivity contribution in [2.24, 2.45) is 0 Å². The minimum atomic E-state index is -4.53. The number of hydrogen-bond acceptors (Lipinski definition) is 10.